The second-order valence-corrected chi connectivity index (χ2v) is 8.98. The van der Waals surface area contributed by atoms with Crippen LogP contribution in [-0.4, -0.2) is 76.5 Å². The molecule has 0 amide bonds. The third-order valence-electron chi connectivity index (χ3n) is 6.52. The molecule has 13 heteroatoms. The van der Waals surface area contributed by atoms with Crippen molar-refractivity contribution < 1.29 is 63.2 Å². The number of hydrogen-bond acceptors (Lipinski definition) is 12. The Hall–Kier alpha value is -4.04. The van der Waals surface area contributed by atoms with Crippen molar-refractivity contribution in [3.63, 3.8) is 0 Å². The van der Waals surface area contributed by atoms with E-state index in [-0.39, 0.29) is 12.5 Å². The number of carbonyl (C=O) groups is 2. The van der Waals surface area contributed by atoms with E-state index in [2.05, 4.69) is 0 Å². The number of hydrogen-bond donors (Lipinski definition) is 4. The average molecular weight is 530 g/mol. The van der Waals surface area contributed by atoms with Gasteiger partial charge in [-0.2, -0.15) is 0 Å². The Morgan fingerprint density at radius 2 is 1.74 bits per heavy atom. The highest BCUT2D eigenvalue weighted by Gasteiger charge is 2.46. The first-order valence-corrected chi connectivity index (χ1v) is 11.6. The lowest BCUT2D eigenvalue weighted by Gasteiger charge is -2.40. The van der Waals surface area contributed by atoms with E-state index >= 15 is 0 Å². The number of carbonyl (C=O) groups excluding carboxylic acids is 1. The van der Waals surface area contributed by atoms with E-state index in [9.17, 15) is 24.9 Å². The van der Waals surface area contributed by atoms with Crippen LogP contribution in [0.4, 0.5) is 0 Å². The zero-order valence-corrected chi connectivity index (χ0v) is 19.5. The van der Waals surface area contributed by atoms with Gasteiger partial charge in [0.1, 0.15) is 54.7 Å². The Morgan fingerprint density at radius 3 is 2.53 bits per heavy atom. The summed E-state index contributed by atoms with van der Waals surface area (Å²) in [4.78, 5) is 22.2. The van der Waals surface area contributed by atoms with Crippen molar-refractivity contribution in [2.75, 3.05) is 13.4 Å². The first-order chi connectivity index (χ1) is 18.3. The van der Waals surface area contributed by atoms with Crippen LogP contribution in [0.25, 0.3) is 5.57 Å². The predicted octanol–water partition coefficient (Wildman–Crippen LogP) is 0.487. The van der Waals surface area contributed by atoms with Crippen LogP contribution in [0.3, 0.4) is 0 Å². The van der Waals surface area contributed by atoms with Gasteiger partial charge >= 0.3 is 11.9 Å². The minimum Gasteiger partial charge on any atom is -0.481 e. The number of rotatable bonds is 6. The summed E-state index contributed by atoms with van der Waals surface area (Å²) < 4.78 is 38.9. The van der Waals surface area contributed by atoms with Crippen LogP contribution in [0.1, 0.15) is 23.7 Å². The molecule has 0 aromatic heterocycles. The van der Waals surface area contributed by atoms with E-state index in [0.717, 1.165) is 16.7 Å². The predicted molar refractivity (Wildman–Crippen MR) is 122 cm³/mol. The summed E-state index contributed by atoms with van der Waals surface area (Å²) in [7, 11) is 0. The molecule has 6 atom stereocenters. The largest absolute Gasteiger partial charge is 0.481 e. The SMILES string of the molecule is O=C(O)CC(=O)OC[C@H]1O[C@@H](Oc2ccc3c(c2)OC=C2c4cc5c(cc4O[C@@H]23)OCO5)[C@H](O)[C@@H](O)[C@@H]1O. The maximum Gasteiger partial charge on any atom is 0.317 e. The number of carboxylic acids is 1. The Kier molecular flexibility index (Phi) is 5.99. The summed E-state index contributed by atoms with van der Waals surface area (Å²) in [6.45, 7) is -0.411. The second kappa shape index (κ2) is 9.36. The molecule has 13 nitrogen and oxygen atoms in total. The molecular formula is C25H22O13. The summed E-state index contributed by atoms with van der Waals surface area (Å²) in [5.74, 6) is 0.0559. The van der Waals surface area contributed by atoms with Crippen LogP contribution in [0, 0.1) is 0 Å². The molecule has 0 bridgehead atoms. The Labute approximate surface area is 214 Å². The number of aliphatic hydroxyl groups excluding tert-OH is 3. The summed E-state index contributed by atoms with van der Waals surface area (Å²) in [5.41, 5.74) is 2.35. The summed E-state index contributed by atoms with van der Waals surface area (Å²) in [6, 6.07) is 8.48. The van der Waals surface area contributed by atoms with Gasteiger partial charge in [0.2, 0.25) is 13.1 Å². The fourth-order valence-electron chi connectivity index (χ4n) is 4.60. The van der Waals surface area contributed by atoms with Gasteiger partial charge < -0.3 is 53.6 Å². The van der Waals surface area contributed by atoms with Crippen LogP contribution >= 0.6 is 0 Å². The van der Waals surface area contributed by atoms with E-state index in [1.54, 1.807) is 30.5 Å². The smallest absolute Gasteiger partial charge is 0.317 e. The molecule has 1 saturated heterocycles. The van der Waals surface area contributed by atoms with Crippen LogP contribution in [-0.2, 0) is 19.1 Å². The molecule has 4 N–H and O–H groups in total. The van der Waals surface area contributed by atoms with Crippen molar-refractivity contribution >= 4 is 17.5 Å². The van der Waals surface area contributed by atoms with E-state index in [1.807, 2.05) is 6.07 Å². The van der Waals surface area contributed by atoms with Crippen LogP contribution in [0.5, 0.6) is 28.7 Å². The molecule has 0 aliphatic carbocycles. The van der Waals surface area contributed by atoms with E-state index < -0.39 is 61.8 Å². The number of carboxylic acid groups (broad SMARTS) is 1. The van der Waals surface area contributed by atoms with E-state index in [4.69, 9.17) is 38.3 Å². The van der Waals surface area contributed by atoms with Crippen molar-refractivity contribution in [1.82, 2.24) is 0 Å². The third-order valence-corrected chi connectivity index (χ3v) is 6.52. The van der Waals surface area contributed by atoms with Gasteiger partial charge in [-0.1, -0.05) is 0 Å². The molecule has 38 heavy (non-hydrogen) atoms. The lowest BCUT2D eigenvalue weighted by molar-refractivity contribution is -0.278. The average Bonchev–Trinajstić information content (AvgIpc) is 3.50. The quantitative estimate of drug-likeness (QED) is 0.300. The van der Waals surface area contributed by atoms with Crippen molar-refractivity contribution in [1.29, 1.82) is 0 Å². The monoisotopic (exact) mass is 530 g/mol. The molecule has 2 aromatic carbocycles. The minimum absolute atomic E-state index is 0.148. The Morgan fingerprint density at radius 1 is 0.947 bits per heavy atom. The summed E-state index contributed by atoms with van der Waals surface area (Å²) >= 11 is 0. The van der Waals surface area contributed by atoms with Crippen LogP contribution < -0.4 is 23.7 Å². The lowest BCUT2D eigenvalue weighted by atomic mass is 9.96. The van der Waals surface area contributed by atoms with Gasteiger partial charge in [0, 0.05) is 28.8 Å². The van der Waals surface area contributed by atoms with E-state index in [0.29, 0.717) is 23.0 Å². The highest BCUT2D eigenvalue weighted by Crippen LogP contribution is 2.53. The summed E-state index contributed by atoms with van der Waals surface area (Å²) in [5, 5.41) is 39.5. The molecule has 4 heterocycles. The van der Waals surface area contributed by atoms with Gasteiger partial charge in [-0.25, -0.2) is 0 Å². The summed E-state index contributed by atoms with van der Waals surface area (Å²) in [6.07, 6.45) is -7.42. The molecule has 6 rings (SSSR count). The third kappa shape index (κ3) is 4.24. The maximum absolute atomic E-state index is 11.5. The molecule has 2 aromatic rings. The first-order valence-electron chi connectivity index (χ1n) is 11.6. The van der Waals surface area contributed by atoms with Crippen molar-refractivity contribution in [3.8, 4) is 28.7 Å². The molecule has 200 valence electrons. The highest BCUT2D eigenvalue weighted by atomic mass is 16.7. The van der Waals surface area contributed by atoms with Crippen molar-refractivity contribution in [2.45, 2.75) is 43.2 Å². The fraction of sp³-hybridized carbons (Fsp3) is 0.360. The zero-order chi connectivity index (χ0) is 26.6. The standard InChI is InChI=1S/C25H22O13/c26-19(27)6-20(28)33-8-18-21(29)22(30)23(31)25(38-18)36-10-1-2-11-14(3-10)32-7-13-12-4-16-17(35-9-34-16)5-15(12)37-24(11)13/h1-5,7,18,21-25,29-31H,6,8-9H2,(H,26,27)/t18-,21-,22+,23-,24-,25-/m1/s1. The van der Waals surface area contributed by atoms with Crippen molar-refractivity contribution in [2.24, 2.45) is 0 Å². The minimum atomic E-state index is -1.68. The van der Waals surface area contributed by atoms with Gasteiger partial charge in [0.25, 0.3) is 0 Å². The van der Waals surface area contributed by atoms with E-state index in [1.165, 1.54) is 0 Å². The van der Waals surface area contributed by atoms with Gasteiger partial charge in [0.05, 0.1) is 6.26 Å². The topological polar surface area (TPSA) is 180 Å². The highest BCUT2D eigenvalue weighted by molar-refractivity contribution is 5.90. The Bertz CT molecular complexity index is 1320. The number of esters is 1. The number of fused-ring (bicyclic) bond motifs is 6. The van der Waals surface area contributed by atoms with Crippen LogP contribution in [0.2, 0.25) is 0 Å². The molecule has 1 fully saturated rings. The van der Waals surface area contributed by atoms with Crippen molar-refractivity contribution in [3.05, 3.63) is 47.7 Å². The number of benzene rings is 2. The molecule has 0 unspecified atom stereocenters. The lowest BCUT2D eigenvalue weighted by Crippen LogP contribution is -2.60. The number of aliphatic carboxylic acids is 1. The van der Waals surface area contributed by atoms with Gasteiger partial charge in [-0.05, 0) is 18.2 Å². The van der Waals surface area contributed by atoms with Gasteiger partial charge in [-0.15, -0.1) is 0 Å². The second-order valence-electron chi connectivity index (χ2n) is 8.98. The molecule has 0 radical (unpaired) electrons. The molecular weight excluding hydrogens is 508 g/mol. The maximum atomic E-state index is 11.5. The fourth-order valence-corrected chi connectivity index (χ4v) is 4.60. The molecule has 4 aliphatic heterocycles. The molecule has 0 spiro atoms. The number of ether oxygens (including phenoxy) is 7. The normalized spacial score (nSPS) is 28.1. The molecule has 4 aliphatic rings. The van der Waals surface area contributed by atoms with Crippen LogP contribution in [0.15, 0.2) is 36.6 Å². The van der Waals surface area contributed by atoms with Gasteiger partial charge in [0.15, 0.2) is 17.6 Å². The van der Waals surface area contributed by atoms with Gasteiger partial charge in [-0.3, -0.25) is 9.59 Å². The zero-order valence-electron chi connectivity index (χ0n) is 19.5. The molecule has 0 saturated carbocycles. The first kappa shape index (κ1) is 24.3. The number of aliphatic hydroxyl groups is 3. The Balaban J connectivity index is 1.16.